The first kappa shape index (κ1) is 14.8. The van der Waals surface area contributed by atoms with Crippen LogP contribution in [0.1, 0.15) is 26.3 Å². The maximum Gasteiger partial charge on any atom is 0.223 e. The second-order valence-electron chi connectivity index (χ2n) is 5.47. The monoisotopic (exact) mass is 291 g/mol. The smallest absolute Gasteiger partial charge is 0.223 e. The van der Waals surface area contributed by atoms with E-state index >= 15 is 0 Å². The molecule has 1 aromatic heterocycles. The highest BCUT2D eigenvalue weighted by Crippen LogP contribution is 2.30. The summed E-state index contributed by atoms with van der Waals surface area (Å²) < 4.78 is 13.7. The third kappa shape index (κ3) is 3.48. The van der Waals surface area contributed by atoms with Crippen LogP contribution in [0.4, 0.5) is 10.3 Å². The maximum absolute atomic E-state index is 13.7. The minimum Gasteiger partial charge on any atom is -0.357 e. The molecule has 0 aliphatic rings. The first-order valence-corrected chi connectivity index (χ1v) is 7.20. The Morgan fingerprint density at radius 1 is 1.15 bits per heavy atom. The zero-order valence-electron chi connectivity index (χ0n) is 12.1. The number of nitrogens with zero attached hydrogens (tertiary/aromatic N) is 2. The molecule has 2 aromatic rings. The fraction of sp³-hybridized carbons (Fsp3) is 0.333. The largest absolute Gasteiger partial charge is 0.357 e. The number of benzene rings is 1. The molecule has 0 bridgehead atoms. The van der Waals surface area contributed by atoms with Gasteiger partial charge in [0, 0.05) is 11.9 Å². The molecule has 1 aromatic carbocycles. The Hall–Kier alpha value is -1.62. The van der Waals surface area contributed by atoms with E-state index in [1.165, 1.54) is 23.5 Å². The summed E-state index contributed by atoms with van der Waals surface area (Å²) in [6.07, 6.45) is 1.19. The summed E-state index contributed by atoms with van der Waals surface area (Å²) >= 11 is 1.30. The SMILES string of the molecule is CNc1ncc(F)c(Sc2ccc(C(C)(C)C)cc2)n1. The van der Waals surface area contributed by atoms with Crippen LogP contribution in [0, 0.1) is 5.82 Å². The van der Waals surface area contributed by atoms with Crippen molar-refractivity contribution in [2.75, 3.05) is 12.4 Å². The third-order valence-electron chi connectivity index (χ3n) is 2.87. The zero-order chi connectivity index (χ0) is 14.8. The first-order valence-electron chi connectivity index (χ1n) is 6.39. The van der Waals surface area contributed by atoms with Gasteiger partial charge in [-0.3, -0.25) is 0 Å². The molecule has 0 aliphatic heterocycles. The first-order chi connectivity index (χ1) is 9.40. The average molecular weight is 291 g/mol. The molecule has 0 aliphatic carbocycles. The molecule has 0 saturated heterocycles. The highest BCUT2D eigenvalue weighted by Gasteiger charge is 2.14. The minimum atomic E-state index is -0.408. The van der Waals surface area contributed by atoms with Crippen LogP contribution in [0.25, 0.3) is 0 Å². The summed E-state index contributed by atoms with van der Waals surface area (Å²) in [5.41, 5.74) is 1.36. The van der Waals surface area contributed by atoms with Crippen molar-refractivity contribution in [3.63, 3.8) is 0 Å². The van der Waals surface area contributed by atoms with Crippen LogP contribution >= 0.6 is 11.8 Å². The van der Waals surface area contributed by atoms with E-state index in [0.29, 0.717) is 11.0 Å². The Kier molecular flexibility index (Phi) is 4.28. The maximum atomic E-state index is 13.7. The molecule has 0 fully saturated rings. The molecule has 0 saturated carbocycles. The number of nitrogens with one attached hydrogen (secondary N) is 1. The molecule has 0 radical (unpaired) electrons. The van der Waals surface area contributed by atoms with Gasteiger partial charge >= 0.3 is 0 Å². The topological polar surface area (TPSA) is 37.8 Å². The van der Waals surface area contributed by atoms with Gasteiger partial charge in [-0.15, -0.1) is 0 Å². The fourth-order valence-corrected chi connectivity index (χ4v) is 2.46. The second-order valence-corrected chi connectivity index (χ2v) is 6.54. The van der Waals surface area contributed by atoms with E-state index in [1.807, 2.05) is 12.1 Å². The van der Waals surface area contributed by atoms with Crippen LogP contribution in [0.5, 0.6) is 0 Å². The molecule has 0 spiro atoms. The predicted octanol–water partition coefficient (Wildman–Crippen LogP) is 4.11. The molecular weight excluding hydrogens is 273 g/mol. The fourth-order valence-electron chi connectivity index (χ4n) is 1.68. The van der Waals surface area contributed by atoms with Crippen molar-refractivity contribution in [2.45, 2.75) is 36.1 Å². The molecule has 0 atom stereocenters. The Morgan fingerprint density at radius 3 is 2.35 bits per heavy atom. The Bertz CT molecular complexity index is 591. The van der Waals surface area contributed by atoms with Crippen LogP contribution < -0.4 is 5.32 Å². The van der Waals surface area contributed by atoms with Crippen molar-refractivity contribution in [2.24, 2.45) is 0 Å². The summed E-state index contributed by atoms with van der Waals surface area (Å²) in [6.45, 7) is 6.50. The molecule has 3 nitrogen and oxygen atoms in total. The Balaban J connectivity index is 2.22. The van der Waals surface area contributed by atoms with Gasteiger partial charge in [-0.25, -0.2) is 14.4 Å². The highest BCUT2D eigenvalue weighted by molar-refractivity contribution is 7.99. The third-order valence-corrected chi connectivity index (χ3v) is 3.86. The molecule has 0 amide bonds. The Labute approximate surface area is 123 Å². The van der Waals surface area contributed by atoms with Crippen molar-refractivity contribution in [1.29, 1.82) is 0 Å². The zero-order valence-corrected chi connectivity index (χ0v) is 12.9. The molecular formula is C15H18FN3S. The van der Waals surface area contributed by atoms with Gasteiger partial charge < -0.3 is 5.32 Å². The van der Waals surface area contributed by atoms with Gasteiger partial charge in [-0.2, -0.15) is 0 Å². The molecule has 20 heavy (non-hydrogen) atoms. The molecule has 2 rings (SSSR count). The van der Waals surface area contributed by atoms with Gasteiger partial charge in [0.15, 0.2) is 5.82 Å². The summed E-state index contributed by atoms with van der Waals surface area (Å²) in [5, 5.41) is 3.13. The number of aromatic nitrogens is 2. The van der Waals surface area contributed by atoms with E-state index in [1.54, 1.807) is 7.05 Å². The van der Waals surface area contributed by atoms with Gasteiger partial charge in [-0.1, -0.05) is 44.7 Å². The number of rotatable bonds is 3. The van der Waals surface area contributed by atoms with Crippen molar-refractivity contribution in [1.82, 2.24) is 9.97 Å². The van der Waals surface area contributed by atoms with Gasteiger partial charge in [0.1, 0.15) is 5.03 Å². The Morgan fingerprint density at radius 2 is 1.80 bits per heavy atom. The summed E-state index contributed by atoms with van der Waals surface area (Å²) in [5.74, 6) is 0.00843. The van der Waals surface area contributed by atoms with E-state index < -0.39 is 5.82 Å². The van der Waals surface area contributed by atoms with Crippen LogP contribution in [0.15, 0.2) is 40.4 Å². The van der Waals surface area contributed by atoms with E-state index in [4.69, 9.17) is 0 Å². The molecule has 1 heterocycles. The number of halogens is 1. The number of hydrogen-bond acceptors (Lipinski definition) is 4. The molecule has 106 valence electrons. The van der Waals surface area contributed by atoms with Crippen LogP contribution in [0.2, 0.25) is 0 Å². The summed E-state index contributed by atoms with van der Waals surface area (Å²) in [6, 6.07) is 8.12. The van der Waals surface area contributed by atoms with Crippen molar-refractivity contribution in [3.05, 3.63) is 41.8 Å². The van der Waals surface area contributed by atoms with Crippen molar-refractivity contribution in [3.8, 4) is 0 Å². The number of hydrogen-bond donors (Lipinski definition) is 1. The van der Waals surface area contributed by atoms with E-state index in [2.05, 4.69) is 48.2 Å². The quantitative estimate of drug-likeness (QED) is 0.864. The summed E-state index contributed by atoms with van der Waals surface area (Å²) in [7, 11) is 1.71. The van der Waals surface area contributed by atoms with Gasteiger partial charge in [0.05, 0.1) is 6.20 Å². The normalized spacial score (nSPS) is 11.4. The lowest BCUT2D eigenvalue weighted by Gasteiger charge is -2.19. The minimum absolute atomic E-state index is 0.114. The van der Waals surface area contributed by atoms with Gasteiger partial charge in [-0.05, 0) is 23.1 Å². The van der Waals surface area contributed by atoms with Crippen LogP contribution in [0.3, 0.4) is 0 Å². The molecule has 0 unspecified atom stereocenters. The standard InChI is InChI=1S/C15H18FN3S/c1-15(2,3)10-5-7-11(8-6-10)20-13-12(16)9-18-14(17-4)19-13/h5-9H,1-4H3,(H,17,18,19). The highest BCUT2D eigenvalue weighted by atomic mass is 32.2. The predicted molar refractivity (Wildman–Crippen MR) is 80.8 cm³/mol. The second kappa shape index (κ2) is 5.79. The van der Waals surface area contributed by atoms with Gasteiger partial charge in [0.25, 0.3) is 0 Å². The van der Waals surface area contributed by atoms with E-state index in [9.17, 15) is 4.39 Å². The van der Waals surface area contributed by atoms with Gasteiger partial charge in [0.2, 0.25) is 5.95 Å². The van der Waals surface area contributed by atoms with E-state index in [0.717, 1.165) is 4.90 Å². The molecule has 5 heteroatoms. The average Bonchev–Trinajstić information content (AvgIpc) is 2.41. The van der Waals surface area contributed by atoms with Crippen LogP contribution in [-0.2, 0) is 5.41 Å². The molecule has 1 N–H and O–H groups in total. The lowest BCUT2D eigenvalue weighted by molar-refractivity contribution is 0.580. The van der Waals surface area contributed by atoms with E-state index in [-0.39, 0.29) is 5.41 Å². The van der Waals surface area contributed by atoms with Crippen LogP contribution in [-0.4, -0.2) is 17.0 Å². The number of anilines is 1. The lowest BCUT2D eigenvalue weighted by Crippen LogP contribution is -2.10. The van der Waals surface area contributed by atoms with Crippen molar-refractivity contribution < 1.29 is 4.39 Å². The van der Waals surface area contributed by atoms with Crippen molar-refractivity contribution >= 4 is 17.7 Å². The lowest BCUT2D eigenvalue weighted by atomic mass is 9.87. The summed E-state index contributed by atoms with van der Waals surface area (Å²) in [4.78, 5) is 8.91.